The minimum atomic E-state index is -0.293. The summed E-state index contributed by atoms with van der Waals surface area (Å²) in [5.41, 5.74) is 4.40. The summed E-state index contributed by atoms with van der Waals surface area (Å²) in [5, 5.41) is 3.13. The summed E-state index contributed by atoms with van der Waals surface area (Å²) in [4.78, 5) is 27.5. The van der Waals surface area contributed by atoms with E-state index in [9.17, 15) is 9.59 Å². The van der Waals surface area contributed by atoms with Crippen molar-refractivity contribution >= 4 is 12.0 Å². The highest BCUT2D eigenvalue weighted by atomic mass is 16.6. The monoisotopic (exact) mass is 484 g/mol. The molecule has 1 fully saturated rings. The molecule has 1 aliphatic rings. The van der Waals surface area contributed by atoms with Crippen LogP contribution in [0, 0.1) is 0 Å². The van der Waals surface area contributed by atoms with Crippen molar-refractivity contribution in [1.82, 2.24) is 10.2 Å². The Hall–Kier alpha value is -3.60. The second-order valence-corrected chi connectivity index (χ2v) is 9.62. The van der Waals surface area contributed by atoms with Gasteiger partial charge in [0.1, 0.15) is 6.61 Å². The van der Waals surface area contributed by atoms with Gasteiger partial charge in [-0.25, -0.2) is 4.79 Å². The van der Waals surface area contributed by atoms with Gasteiger partial charge in [0, 0.05) is 31.5 Å². The van der Waals surface area contributed by atoms with Crippen LogP contribution in [0.25, 0.3) is 0 Å². The molecule has 36 heavy (non-hydrogen) atoms. The van der Waals surface area contributed by atoms with Crippen LogP contribution in [0.1, 0.15) is 48.4 Å². The maximum Gasteiger partial charge on any atom is 0.410 e. The molecule has 1 heterocycles. The van der Waals surface area contributed by atoms with E-state index in [0.29, 0.717) is 26.1 Å². The fourth-order valence-corrected chi connectivity index (χ4v) is 4.94. The van der Waals surface area contributed by atoms with Gasteiger partial charge in [-0.05, 0) is 47.9 Å². The summed E-state index contributed by atoms with van der Waals surface area (Å²) in [6.07, 6.45) is 3.42. The molecule has 0 saturated carbocycles. The lowest BCUT2D eigenvalue weighted by Crippen LogP contribution is -2.47. The SMILES string of the molecule is CCc1ccc(CCNC(=O)CC2(c3ccccc3)CCN(C(=O)OCc3ccccc3)CC2)cc1. The van der Waals surface area contributed by atoms with Gasteiger partial charge in [0.05, 0.1) is 0 Å². The number of rotatable bonds is 9. The molecule has 0 spiro atoms. The third-order valence-corrected chi connectivity index (χ3v) is 7.24. The third-order valence-electron chi connectivity index (χ3n) is 7.24. The molecular weight excluding hydrogens is 448 g/mol. The van der Waals surface area contributed by atoms with E-state index in [4.69, 9.17) is 4.74 Å². The number of benzene rings is 3. The van der Waals surface area contributed by atoms with Gasteiger partial charge in [0.25, 0.3) is 0 Å². The average Bonchev–Trinajstić information content (AvgIpc) is 2.93. The number of hydrogen-bond acceptors (Lipinski definition) is 3. The van der Waals surface area contributed by atoms with Crippen LogP contribution in [0.15, 0.2) is 84.9 Å². The number of carbonyl (C=O) groups is 2. The molecule has 1 N–H and O–H groups in total. The normalized spacial score (nSPS) is 14.8. The zero-order valence-corrected chi connectivity index (χ0v) is 21.1. The largest absolute Gasteiger partial charge is 0.445 e. The Kier molecular flexibility index (Phi) is 8.77. The van der Waals surface area contributed by atoms with Gasteiger partial charge in [-0.15, -0.1) is 0 Å². The van der Waals surface area contributed by atoms with E-state index in [0.717, 1.165) is 36.8 Å². The fraction of sp³-hybridized carbons (Fsp3) is 0.355. The Morgan fingerprint density at radius 2 is 1.44 bits per heavy atom. The number of aryl methyl sites for hydroxylation is 1. The lowest BCUT2D eigenvalue weighted by Gasteiger charge is -2.41. The molecule has 2 amide bonds. The number of hydrogen-bond donors (Lipinski definition) is 1. The van der Waals surface area contributed by atoms with Gasteiger partial charge in [0.15, 0.2) is 0 Å². The van der Waals surface area contributed by atoms with E-state index in [-0.39, 0.29) is 24.0 Å². The maximum atomic E-state index is 13.0. The van der Waals surface area contributed by atoms with Crippen LogP contribution < -0.4 is 5.32 Å². The second kappa shape index (κ2) is 12.4. The van der Waals surface area contributed by atoms with Crippen LogP contribution in [0.2, 0.25) is 0 Å². The first-order valence-electron chi connectivity index (χ1n) is 12.9. The van der Waals surface area contributed by atoms with E-state index in [2.05, 4.69) is 48.6 Å². The molecule has 188 valence electrons. The average molecular weight is 485 g/mol. The summed E-state index contributed by atoms with van der Waals surface area (Å²) in [7, 11) is 0. The highest BCUT2D eigenvalue weighted by Crippen LogP contribution is 2.39. The molecule has 3 aromatic carbocycles. The number of likely N-dealkylation sites (tertiary alicyclic amines) is 1. The van der Waals surface area contributed by atoms with Gasteiger partial charge >= 0.3 is 6.09 Å². The van der Waals surface area contributed by atoms with Crippen molar-refractivity contribution in [3.8, 4) is 0 Å². The molecule has 1 saturated heterocycles. The molecule has 5 nitrogen and oxygen atoms in total. The van der Waals surface area contributed by atoms with E-state index >= 15 is 0 Å². The number of carbonyl (C=O) groups excluding carboxylic acids is 2. The standard InChI is InChI=1S/C31H36N2O3/c1-2-25-13-15-26(16-14-25)17-20-32-29(34)23-31(28-11-7-4-8-12-28)18-21-33(22-19-31)30(35)36-24-27-9-5-3-6-10-27/h3-16H,2,17-24H2,1H3,(H,32,34). The summed E-state index contributed by atoms with van der Waals surface area (Å²) in [6.45, 7) is 4.17. The quantitative estimate of drug-likeness (QED) is 0.426. The zero-order chi connectivity index (χ0) is 25.2. The molecule has 5 heteroatoms. The Balaban J connectivity index is 1.33. The first-order valence-corrected chi connectivity index (χ1v) is 12.9. The van der Waals surface area contributed by atoms with E-state index in [1.54, 1.807) is 4.90 Å². The summed E-state index contributed by atoms with van der Waals surface area (Å²) in [5.74, 6) is 0.0594. The number of amides is 2. The maximum absolute atomic E-state index is 13.0. The zero-order valence-electron chi connectivity index (χ0n) is 21.1. The highest BCUT2D eigenvalue weighted by Gasteiger charge is 2.39. The van der Waals surface area contributed by atoms with Crippen LogP contribution in [0.5, 0.6) is 0 Å². The van der Waals surface area contributed by atoms with E-state index in [1.807, 2.05) is 48.5 Å². The van der Waals surface area contributed by atoms with Crippen LogP contribution in [-0.4, -0.2) is 36.5 Å². The molecule has 1 aliphatic heterocycles. The Labute approximate surface area is 214 Å². The van der Waals surface area contributed by atoms with Crippen LogP contribution in [-0.2, 0) is 34.4 Å². The van der Waals surface area contributed by atoms with Crippen LogP contribution in [0.3, 0.4) is 0 Å². The molecule has 0 aliphatic carbocycles. The van der Waals surface area contributed by atoms with E-state index < -0.39 is 0 Å². The first kappa shape index (κ1) is 25.5. The minimum absolute atomic E-state index is 0.0594. The lowest BCUT2D eigenvalue weighted by molar-refractivity contribution is -0.122. The predicted molar refractivity (Wildman–Crippen MR) is 143 cm³/mol. The minimum Gasteiger partial charge on any atom is -0.445 e. The van der Waals surface area contributed by atoms with Crippen molar-refractivity contribution in [3.63, 3.8) is 0 Å². The molecule has 3 aromatic rings. The fourth-order valence-electron chi connectivity index (χ4n) is 4.94. The van der Waals surface area contributed by atoms with Crippen molar-refractivity contribution in [3.05, 3.63) is 107 Å². The number of nitrogens with one attached hydrogen (secondary N) is 1. The van der Waals surface area contributed by atoms with Gasteiger partial charge < -0.3 is 15.0 Å². The second-order valence-electron chi connectivity index (χ2n) is 9.62. The van der Waals surface area contributed by atoms with Crippen molar-refractivity contribution < 1.29 is 14.3 Å². The van der Waals surface area contributed by atoms with Gasteiger partial charge in [-0.1, -0.05) is 91.9 Å². The molecule has 0 radical (unpaired) electrons. The topological polar surface area (TPSA) is 58.6 Å². The summed E-state index contributed by atoms with van der Waals surface area (Å²) < 4.78 is 5.54. The van der Waals surface area contributed by atoms with E-state index in [1.165, 1.54) is 11.1 Å². The van der Waals surface area contributed by atoms with Crippen molar-refractivity contribution in [2.45, 2.75) is 51.0 Å². The van der Waals surface area contributed by atoms with Crippen LogP contribution >= 0.6 is 0 Å². The first-order chi connectivity index (χ1) is 17.6. The summed E-state index contributed by atoms with van der Waals surface area (Å²) in [6, 6.07) is 28.5. The smallest absolute Gasteiger partial charge is 0.410 e. The molecule has 4 rings (SSSR count). The number of ether oxygens (including phenoxy) is 1. The number of piperidine rings is 1. The third kappa shape index (κ3) is 6.75. The highest BCUT2D eigenvalue weighted by molar-refractivity contribution is 5.78. The van der Waals surface area contributed by atoms with Gasteiger partial charge in [0.2, 0.25) is 5.91 Å². The predicted octanol–water partition coefficient (Wildman–Crippen LogP) is 5.67. The molecule has 0 aromatic heterocycles. The Bertz CT molecular complexity index is 1110. The van der Waals surface area contributed by atoms with Crippen molar-refractivity contribution in [1.29, 1.82) is 0 Å². The molecule has 0 bridgehead atoms. The molecule has 0 atom stereocenters. The Morgan fingerprint density at radius 1 is 0.833 bits per heavy atom. The van der Waals surface area contributed by atoms with Crippen LogP contribution in [0.4, 0.5) is 4.79 Å². The Morgan fingerprint density at radius 3 is 2.08 bits per heavy atom. The van der Waals surface area contributed by atoms with Crippen molar-refractivity contribution in [2.75, 3.05) is 19.6 Å². The summed E-state index contributed by atoms with van der Waals surface area (Å²) >= 11 is 0. The molecule has 0 unspecified atom stereocenters. The van der Waals surface area contributed by atoms with Gasteiger partial charge in [-0.3, -0.25) is 4.79 Å². The van der Waals surface area contributed by atoms with Gasteiger partial charge in [-0.2, -0.15) is 0 Å². The lowest BCUT2D eigenvalue weighted by atomic mass is 9.70. The molecular formula is C31H36N2O3. The number of nitrogens with zero attached hydrogens (tertiary/aromatic N) is 1. The van der Waals surface area contributed by atoms with Crippen molar-refractivity contribution in [2.24, 2.45) is 0 Å².